The lowest BCUT2D eigenvalue weighted by atomic mass is 10.2. The van der Waals surface area contributed by atoms with Gasteiger partial charge >= 0.3 is 5.97 Å². The van der Waals surface area contributed by atoms with Gasteiger partial charge in [0, 0.05) is 13.2 Å². The second kappa shape index (κ2) is 5.46. The highest BCUT2D eigenvalue weighted by atomic mass is 32.2. The summed E-state index contributed by atoms with van der Waals surface area (Å²) >= 11 is 0. The van der Waals surface area contributed by atoms with E-state index in [-0.39, 0.29) is 6.61 Å². The summed E-state index contributed by atoms with van der Waals surface area (Å²) in [5.74, 6) is -1.17. The van der Waals surface area contributed by atoms with Crippen molar-refractivity contribution in [3.63, 3.8) is 0 Å². The summed E-state index contributed by atoms with van der Waals surface area (Å²) in [7, 11) is -3.36. The van der Waals surface area contributed by atoms with Crippen molar-refractivity contribution < 1.29 is 22.7 Å². The first kappa shape index (κ1) is 12.4. The molecule has 1 aliphatic rings. The van der Waals surface area contributed by atoms with Crippen molar-refractivity contribution in [1.29, 1.82) is 0 Å². The van der Waals surface area contributed by atoms with Crippen molar-refractivity contribution in [3.8, 4) is 0 Å². The second-order valence-corrected chi connectivity index (χ2v) is 5.71. The van der Waals surface area contributed by atoms with Gasteiger partial charge in [-0.05, 0) is 19.8 Å². The Balaban J connectivity index is 2.53. The van der Waals surface area contributed by atoms with Crippen LogP contribution in [0.25, 0.3) is 0 Å². The van der Waals surface area contributed by atoms with Crippen LogP contribution in [-0.4, -0.2) is 45.2 Å². The summed E-state index contributed by atoms with van der Waals surface area (Å²) < 4.78 is 33.1. The summed E-state index contributed by atoms with van der Waals surface area (Å²) in [6.07, 6.45) is 0.948. The molecule has 0 spiro atoms. The Morgan fingerprint density at radius 1 is 1.40 bits per heavy atom. The third kappa shape index (κ3) is 3.79. The van der Waals surface area contributed by atoms with E-state index in [1.165, 1.54) is 0 Å². The number of carbonyl (C=O) groups is 1. The van der Waals surface area contributed by atoms with E-state index < -0.39 is 26.8 Å². The van der Waals surface area contributed by atoms with Gasteiger partial charge in [-0.3, -0.25) is 4.79 Å². The van der Waals surface area contributed by atoms with Gasteiger partial charge in [-0.1, -0.05) is 0 Å². The fourth-order valence-corrected chi connectivity index (χ4v) is 3.08. The highest BCUT2D eigenvalue weighted by molar-refractivity contribution is 7.92. The van der Waals surface area contributed by atoms with Crippen LogP contribution in [-0.2, 0) is 24.1 Å². The lowest BCUT2D eigenvalue weighted by molar-refractivity contribution is -0.139. The molecule has 1 fully saturated rings. The molecule has 5 nitrogen and oxygen atoms in total. The Morgan fingerprint density at radius 3 is 2.53 bits per heavy atom. The number of esters is 1. The highest BCUT2D eigenvalue weighted by Crippen LogP contribution is 2.16. The zero-order valence-corrected chi connectivity index (χ0v) is 9.59. The Morgan fingerprint density at radius 2 is 2.00 bits per heavy atom. The highest BCUT2D eigenvalue weighted by Gasteiger charge is 2.30. The second-order valence-electron chi connectivity index (χ2n) is 3.42. The van der Waals surface area contributed by atoms with Crippen LogP contribution in [0, 0.1) is 0 Å². The maximum atomic E-state index is 11.7. The lowest BCUT2D eigenvalue weighted by Crippen LogP contribution is -2.33. The molecule has 0 amide bonds. The summed E-state index contributed by atoms with van der Waals surface area (Å²) in [4.78, 5) is 11.1. The third-order valence-electron chi connectivity index (χ3n) is 2.30. The minimum atomic E-state index is -3.36. The van der Waals surface area contributed by atoms with Crippen molar-refractivity contribution in [1.82, 2.24) is 0 Å². The zero-order chi connectivity index (χ0) is 11.3. The number of rotatable bonds is 4. The molecule has 88 valence electrons. The number of carbonyl (C=O) groups excluding carboxylic acids is 1. The minimum Gasteiger partial charge on any atom is -0.465 e. The number of sulfone groups is 1. The standard InChI is InChI=1S/C9H16O5S/c1-2-14-9(10)7-15(11,12)8-3-5-13-6-4-8/h8H,2-7H2,1H3. The van der Waals surface area contributed by atoms with Gasteiger partial charge in [0.1, 0.15) is 5.75 Å². The maximum absolute atomic E-state index is 11.7. The molecule has 0 saturated carbocycles. The van der Waals surface area contributed by atoms with Crippen molar-refractivity contribution >= 4 is 15.8 Å². The molecule has 0 atom stereocenters. The van der Waals surface area contributed by atoms with Gasteiger partial charge < -0.3 is 9.47 Å². The molecule has 0 aromatic carbocycles. The Labute approximate surface area is 89.7 Å². The normalized spacial score (nSPS) is 18.7. The van der Waals surface area contributed by atoms with E-state index in [0.29, 0.717) is 26.1 Å². The molecule has 1 heterocycles. The van der Waals surface area contributed by atoms with E-state index >= 15 is 0 Å². The molecule has 0 unspecified atom stereocenters. The first-order valence-corrected chi connectivity index (χ1v) is 6.72. The molecule has 0 aromatic rings. The Hall–Kier alpha value is -0.620. The molecule has 1 aliphatic heterocycles. The average molecular weight is 236 g/mol. The smallest absolute Gasteiger partial charge is 0.321 e. The van der Waals surface area contributed by atoms with Crippen LogP contribution in [0.3, 0.4) is 0 Å². The van der Waals surface area contributed by atoms with Gasteiger partial charge in [-0.25, -0.2) is 8.42 Å². The molecule has 0 aromatic heterocycles. The Bertz CT molecular complexity index is 302. The van der Waals surface area contributed by atoms with Gasteiger partial charge in [0.05, 0.1) is 11.9 Å². The summed E-state index contributed by atoms with van der Waals surface area (Å²) in [5.41, 5.74) is 0. The minimum absolute atomic E-state index is 0.210. The van der Waals surface area contributed by atoms with Crippen LogP contribution < -0.4 is 0 Å². The van der Waals surface area contributed by atoms with Crippen LogP contribution in [0.2, 0.25) is 0 Å². The van der Waals surface area contributed by atoms with Crippen LogP contribution in [0.4, 0.5) is 0 Å². The van der Waals surface area contributed by atoms with Crippen molar-refractivity contribution in [2.75, 3.05) is 25.6 Å². The van der Waals surface area contributed by atoms with Crippen molar-refractivity contribution in [3.05, 3.63) is 0 Å². The van der Waals surface area contributed by atoms with Crippen molar-refractivity contribution in [2.45, 2.75) is 25.0 Å². The van der Waals surface area contributed by atoms with Crippen LogP contribution in [0.15, 0.2) is 0 Å². The van der Waals surface area contributed by atoms with Gasteiger partial charge in [-0.15, -0.1) is 0 Å². The number of hydrogen-bond donors (Lipinski definition) is 0. The quantitative estimate of drug-likeness (QED) is 0.649. The summed E-state index contributed by atoms with van der Waals surface area (Å²) in [5, 5.41) is -0.448. The number of hydrogen-bond acceptors (Lipinski definition) is 5. The molecule has 0 radical (unpaired) electrons. The molecule has 1 rings (SSSR count). The Kier molecular flexibility index (Phi) is 4.53. The third-order valence-corrected chi connectivity index (χ3v) is 4.43. The fraction of sp³-hybridized carbons (Fsp3) is 0.889. The molecule has 0 N–H and O–H groups in total. The largest absolute Gasteiger partial charge is 0.465 e. The average Bonchev–Trinajstić information content (AvgIpc) is 2.18. The molecular weight excluding hydrogens is 220 g/mol. The zero-order valence-electron chi connectivity index (χ0n) is 8.77. The van der Waals surface area contributed by atoms with E-state index in [9.17, 15) is 13.2 Å². The van der Waals surface area contributed by atoms with Crippen molar-refractivity contribution in [2.24, 2.45) is 0 Å². The van der Waals surface area contributed by atoms with E-state index in [0.717, 1.165) is 0 Å². The van der Waals surface area contributed by atoms with E-state index in [4.69, 9.17) is 4.74 Å². The van der Waals surface area contributed by atoms with Gasteiger partial charge in [0.2, 0.25) is 0 Å². The summed E-state index contributed by atoms with van der Waals surface area (Å²) in [6, 6.07) is 0. The topological polar surface area (TPSA) is 69.7 Å². The lowest BCUT2D eigenvalue weighted by Gasteiger charge is -2.21. The maximum Gasteiger partial charge on any atom is 0.321 e. The van der Waals surface area contributed by atoms with Gasteiger partial charge in [0.15, 0.2) is 9.84 Å². The SMILES string of the molecule is CCOC(=O)CS(=O)(=O)C1CCOCC1. The molecule has 6 heteroatoms. The monoisotopic (exact) mass is 236 g/mol. The van der Waals surface area contributed by atoms with Crippen LogP contribution >= 0.6 is 0 Å². The van der Waals surface area contributed by atoms with Gasteiger partial charge in [-0.2, -0.15) is 0 Å². The summed E-state index contributed by atoms with van der Waals surface area (Å²) in [6.45, 7) is 2.76. The fourth-order valence-electron chi connectivity index (χ4n) is 1.52. The molecule has 15 heavy (non-hydrogen) atoms. The van der Waals surface area contributed by atoms with E-state index in [1.807, 2.05) is 0 Å². The number of ether oxygens (including phenoxy) is 2. The molecule has 0 aliphatic carbocycles. The van der Waals surface area contributed by atoms with Gasteiger partial charge in [0.25, 0.3) is 0 Å². The molecule has 1 saturated heterocycles. The predicted molar refractivity (Wildman–Crippen MR) is 54.3 cm³/mol. The first-order chi connectivity index (χ1) is 7.06. The van der Waals surface area contributed by atoms with E-state index in [2.05, 4.69) is 4.74 Å². The first-order valence-electron chi connectivity index (χ1n) is 5.01. The predicted octanol–water partition coefficient (Wildman–Crippen LogP) is 0.143. The van der Waals surface area contributed by atoms with Crippen LogP contribution in [0.1, 0.15) is 19.8 Å². The van der Waals surface area contributed by atoms with E-state index in [1.54, 1.807) is 6.92 Å². The van der Waals surface area contributed by atoms with Crippen LogP contribution in [0.5, 0.6) is 0 Å². The molecular formula is C9H16O5S. The molecule has 0 bridgehead atoms.